The van der Waals surface area contributed by atoms with Gasteiger partial charge in [0.05, 0.1) is 24.9 Å². The lowest BCUT2D eigenvalue weighted by Crippen LogP contribution is -2.54. The molecule has 2 nitrogen and oxygen atoms in total. The van der Waals surface area contributed by atoms with Crippen LogP contribution in [0, 0.1) is 5.41 Å². The first kappa shape index (κ1) is 13.6. The summed E-state index contributed by atoms with van der Waals surface area (Å²) in [6.07, 6.45) is 6.56. The highest BCUT2D eigenvalue weighted by molar-refractivity contribution is 6.21. The molecule has 0 aromatic rings. The molecule has 1 spiro atoms. The second-order valence-corrected chi connectivity index (χ2v) is 6.99. The Morgan fingerprint density at radius 3 is 2.35 bits per heavy atom. The molecule has 0 N–H and O–H groups in total. The maximum Gasteiger partial charge on any atom is 0.0707 e. The van der Waals surface area contributed by atoms with Crippen molar-refractivity contribution >= 4 is 11.6 Å². The third kappa shape index (κ3) is 2.97. The van der Waals surface area contributed by atoms with Crippen molar-refractivity contribution in [2.24, 2.45) is 5.41 Å². The van der Waals surface area contributed by atoms with Crippen LogP contribution in [-0.4, -0.2) is 30.3 Å². The van der Waals surface area contributed by atoms with E-state index in [4.69, 9.17) is 21.1 Å². The molecule has 2 rings (SSSR count). The van der Waals surface area contributed by atoms with Crippen LogP contribution in [0.4, 0.5) is 0 Å². The van der Waals surface area contributed by atoms with Crippen LogP contribution in [0.3, 0.4) is 0 Å². The van der Waals surface area contributed by atoms with Crippen LogP contribution in [0.25, 0.3) is 0 Å². The van der Waals surface area contributed by atoms with E-state index in [0.717, 1.165) is 6.42 Å². The smallest absolute Gasteiger partial charge is 0.0707 e. The van der Waals surface area contributed by atoms with Gasteiger partial charge in [-0.3, -0.25) is 0 Å². The van der Waals surface area contributed by atoms with E-state index in [2.05, 4.69) is 20.8 Å². The molecule has 2 aliphatic carbocycles. The van der Waals surface area contributed by atoms with E-state index in [1.165, 1.54) is 25.7 Å². The van der Waals surface area contributed by atoms with E-state index in [9.17, 15) is 0 Å². The predicted molar refractivity (Wildman–Crippen MR) is 70.6 cm³/mol. The van der Waals surface area contributed by atoms with Crippen LogP contribution in [0.1, 0.15) is 52.9 Å². The van der Waals surface area contributed by atoms with Gasteiger partial charge in [-0.15, -0.1) is 11.6 Å². The average molecular weight is 261 g/mol. The lowest BCUT2D eigenvalue weighted by Gasteiger charge is -2.51. The largest absolute Gasteiger partial charge is 0.375 e. The normalized spacial score (nSPS) is 31.8. The summed E-state index contributed by atoms with van der Waals surface area (Å²) in [5.41, 5.74) is 0.242. The highest BCUT2D eigenvalue weighted by Gasteiger charge is 2.55. The van der Waals surface area contributed by atoms with E-state index in [0.29, 0.717) is 30.1 Å². The zero-order valence-electron chi connectivity index (χ0n) is 11.3. The SMILES string of the molecule is CC(C)(C)OCCOC1CC(Cl)C12CCCC2. The van der Waals surface area contributed by atoms with Crippen LogP contribution in [-0.2, 0) is 9.47 Å². The first-order chi connectivity index (χ1) is 7.94. The fraction of sp³-hybridized carbons (Fsp3) is 1.00. The van der Waals surface area contributed by atoms with Crippen molar-refractivity contribution in [2.75, 3.05) is 13.2 Å². The van der Waals surface area contributed by atoms with Crippen LogP contribution >= 0.6 is 11.6 Å². The van der Waals surface area contributed by atoms with Gasteiger partial charge < -0.3 is 9.47 Å². The van der Waals surface area contributed by atoms with Gasteiger partial charge in [-0.25, -0.2) is 0 Å². The predicted octanol–water partition coefficient (Wildman–Crippen LogP) is 3.76. The molecule has 2 fully saturated rings. The standard InChI is InChI=1S/C14H25ClO2/c1-13(2,3)17-9-8-16-12-10-11(15)14(12)6-4-5-7-14/h11-12H,4-10H2,1-3H3. The van der Waals surface area contributed by atoms with E-state index in [-0.39, 0.29) is 5.60 Å². The molecule has 0 aromatic carbocycles. The summed E-state index contributed by atoms with van der Waals surface area (Å²) < 4.78 is 11.6. The minimum absolute atomic E-state index is 0.0664. The lowest BCUT2D eigenvalue weighted by atomic mass is 9.64. The number of hydrogen-bond donors (Lipinski definition) is 0. The Morgan fingerprint density at radius 1 is 1.18 bits per heavy atom. The van der Waals surface area contributed by atoms with Gasteiger partial charge in [0.2, 0.25) is 0 Å². The van der Waals surface area contributed by atoms with Crippen molar-refractivity contribution in [3.63, 3.8) is 0 Å². The van der Waals surface area contributed by atoms with E-state index in [1.807, 2.05) is 0 Å². The van der Waals surface area contributed by atoms with Crippen molar-refractivity contribution in [1.29, 1.82) is 0 Å². The molecule has 2 aliphatic rings. The molecule has 100 valence electrons. The summed E-state index contributed by atoms with van der Waals surface area (Å²) in [4.78, 5) is 0. The third-order valence-electron chi connectivity index (χ3n) is 4.16. The van der Waals surface area contributed by atoms with Gasteiger partial charge in [-0.1, -0.05) is 12.8 Å². The molecule has 0 heterocycles. The Hall–Kier alpha value is 0.210. The average Bonchev–Trinajstić information content (AvgIpc) is 2.72. The van der Waals surface area contributed by atoms with Crippen LogP contribution in [0.5, 0.6) is 0 Å². The summed E-state index contributed by atoms with van der Waals surface area (Å²) in [6.45, 7) is 7.60. The van der Waals surface area contributed by atoms with Gasteiger partial charge in [-0.2, -0.15) is 0 Å². The number of alkyl halides is 1. The number of ether oxygens (including phenoxy) is 2. The number of halogens is 1. The summed E-state index contributed by atoms with van der Waals surface area (Å²) in [7, 11) is 0. The van der Waals surface area contributed by atoms with Crippen molar-refractivity contribution < 1.29 is 9.47 Å². The molecule has 0 saturated heterocycles. The molecular formula is C14H25ClO2. The van der Waals surface area contributed by atoms with Gasteiger partial charge in [0.1, 0.15) is 0 Å². The first-order valence-corrected chi connectivity index (χ1v) is 7.27. The summed E-state index contributed by atoms with van der Waals surface area (Å²) in [5, 5.41) is 0.346. The van der Waals surface area contributed by atoms with Crippen molar-refractivity contribution in [3.8, 4) is 0 Å². The van der Waals surface area contributed by atoms with Gasteiger partial charge in [0.25, 0.3) is 0 Å². The zero-order chi connectivity index (χ0) is 12.5. The second kappa shape index (κ2) is 5.07. The number of rotatable bonds is 4. The van der Waals surface area contributed by atoms with Crippen LogP contribution in [0.2, 0.25) is 0 Å². The minimum atomic E-state index is -0.0664. The highest BCUT2D eigenvalue weighted by atomic mass is 35.5. The van der Waals surface area contributed by atoms with Gasteiger partial charge in [0.15, 0.2) is 0 Å². The van der Waals surface area contributed by atoms with E-state index >= 15 is 0 Å². The Kier molecular flexibility index (Phi) is 4.06. The molecule has 0 aliphatic heterocycles. The molecule has 17 heavy (non-hydrogen) atoms. The van der Waals surface area contributed by atoms with E-state index < -0.39 is 0 Å². The van der Waals surface area contributed by atoms with Crippen molar-refractivity contribution in [1.82, 2.24) is 0 Å². The summed E-state index contributed by atoms with van der Waals surface area (Å²) in [5.74, 6) is 0. The van der Waals surface area contributed by atoms with Gasteiger partial charge >= 0.3 is 0 Å². The first-order valence-electron chi connectivity index (χ1n) is 6.84. The quantitative estimate of drug-likeness (QED) is 0.566. The molecule has 0 aromatic heterocycles. The van der Waals surface area contributed by atoms with Crippen molar-refractivity contribution in [2.45, 2.75) is 70.0 Å². The summed E-state index contributed by atoms with van der Waals surface area (Å²) in [6, 6.07) is 0. The van der Waals surface area contributed by atoms with Crippen LogP contribution < -0.4 is 0 Å². The molecule has 0 radical (unpaired) electrons. The van der Waals surface area contributed by atoms with Gasteiger partial charge in [0, 0.05) is 10.8 Å². The Bertz CT molecular complexity index is 253. The topological polar surface area (TPSA) is 18.5 Å². The molecule has 2 atom stereocenters. The fourth-order valence-electron chi connectivity index (χ4n) is 3.14. The Labute approximate surface area is 110 Å². The zero-order valence-corrected chi connectivity index (χ0v) is 12.1. The van der Waals surface area contributed by atoms with E-state index in [1.54, 1.807) is 0 Å². The Morgan fingerprint density at radius 2 is 1.82 bits per heavy atom. The molecule has 3 heteroatoms. The van der Waals surface area contributed by atoms with Crippen molar-refractivity contribution in [3.05, 3.63) is 0 Å². The molecular weight excluding hydrogens is 236 g/mol. The maximum atomic E-state index is 6.38. The minimum Gasteiger partial charge on any atom is -0.375 e. The number of hydrogen-bond acceptors (Lipinski definition) is 2. The van der Waals surface area contributed by atoms with Gasteiger partial charge in [-0.05, 0) is 40.0 Å². The molecule has 0 amide bonds. The molecule has 0 bridgehead atoms. The summed E-state index contributed by atoms with van der Waals surface area (Å²) >= 11 is 6.38. The highest BCUT2D eigenvalue weighted by Crippen LogP contribution is 2.57. The molecule has 2 saturated carbocycles. The lowest BCUT2D eigenvalue weighted by molar-refractivity contribution is -0.126. The fourth-order valence-corrected chi connectivity index (χ4v) is 3.66. The monoisotopic (exact) mass is 260 g/mol. The molecule has 2 unspecified atom stereocenters. The second-order valence-electron chi connectivity index (χ2n) is 6.46. The third-order valence-corrected chi connectivity index (χ3v) is 4.77. The Balaban J connectivity index is 1.70. The van der Waals surface area contributed by atoms with Crippen LogP contribution in [0.15, 0.2) is 0 Å². The maximum absolute atomic E-state index is 6.38.